The van der Waals surface area contributed by atoms with Crippen molar-refractivity contribution in [1.82, 2.24) is 24.6 Å². The highest BCUT2D eigenvalue weighted by Crippen LogP contribution is 2.25. The van der Waals surface area contributed by atoms with Crippen LogP contribution in [-0.4, -0.2) is 56.9 Å². The van der Waals surface area contributed by atoms with E-state index in [1.54, 1.807) is 0 Å². The lowest BCUT2D eigenvalue weighted by Crippen LogP contribution is -2.34. The molecular weight excluding hydrogens is 342 g/mol. The Morgan fingerprint density at radius 2 is 2.00 bits per heavy atom. The average Bonchev–Trinajstić information content (AvgIpc) is 3.28. The number of aromatic nitrogens is 4. The second-order valence-electron chi connectivity index (χ2n) is 7.31. The van der Waals surface area contributed by atoms with Crippen LogP contribution in [0, 0.1) is 0 Å². The molecule has 0 saturated carbocycles. The Bertz CT molecular complexity index is 911. The molecule has 3 aromatic rings. The molecule has 1 aromatic carbocycles. The highest BCUT2D eigenvalue weighted by molar-refractivity contribution is 5.98. The lowest BCUT2D eigenvalue weighted by atomic mass is 10.00. The number of nitrogens with one attached hydrogen (secondary N) is 1. The maximum atomic E-state index is 12.9. The third-order valence-electron chi connectivity index (χ3n) is 5.59. The molecule has 1 fully saturated rings. The number of H-pyrrole nitrogens is 1. The van der Waals surface area contributed by atoms with E-state index in [0.717, 1.165) is 55.0 Å². The minimum atomic E-state index is 0.0432. The van der Waals surface area contributed by atoms with Crippen molar-refractivity contribution in [2.24, 2.45) is 0 Å². The van der Waals surface area contributed by atoms with Gasteiger partial charge in [0.2, 0.25) is 0 Å². The molecule has 5 rings (SSSR count). The Hall–Kier alpha value is -2.67. The molecule has 1 N–H and O–H groups in total. The first-order chi connectivity index (χ1) is 13.3. The van der Waals surface area contributed by atoms with Crippen LogP contribution in [0.5, 0.6) is 0 Å². The fourth-order valence-corrected chi connectivity index (χ4v) is 4.01. The smallest absolute Gasteiger partial charge is 0.270 e. The number of fused-ring (bicyclic) bond motifs is 2. The van der Waals surface area contributed by atoms with E-state index >= 15 is 0 Å². The van der Waals surface area contributed by atoms with Crippen molar-refractivity contribution in [2.45, 2.75) is 31.7 Å². The Labute approximate surface area is 157 Å². The van der Waals surface area contributed by atoms with Crippen molar-refractivity contribution in [1.29, 1.82) is 0 Å². The molecule has 7 nitrogen and oxygen atoms in total. The zero-order chi connectivity index (χ0) is 18.2. The molecule has 0 unspecified atom stereocenters. The SMILES string of the molecule is O=C(c1cc2ccccc2[nH]1)N1CCc2nc(C3CCOCC3)nn2CC1. The summed E-state index contributed by atoms with van der Waals surface area (Å²) in [6.45, 7) is 3.60. The number of rotatable bonds is 2. The van der Waals surface area contributed by atoms with Gasteiger partial charge in [0.25, 0.3) is 5.91 Å². The zero-order valence-corrected chi connectivity index (χ0v) is 15.2. The Morgan fingerprint density at radius 3 is 2.85 bits per heavy atom. The van der Waals surface area contributed by atoms with Gasteiger partial charge in [0.1, 0.15) is 11.5 Å². The molecule has 2 aliphatic rings. The van der Waals surface area contributed by atoms with E-state index in [2.05, 4.69) is 4.98 Å². The summed E-state index contributed by atoms with van der Waals surface area (Å²) in [5.74, 6) is 2.39. The number of carbonyl (C=O) groups excluding carboxylic acids is 1. The highest BCUT2D eigenvalue weighted by Gasteiger charge is 2.26. The molecule has 0 bridgehead atoms. The van der Waals surface area contributed by atoms with Gasteiger partial charge in [-0.3, -0.25) is 4.79 Å². The highest BCUT2D eigenvalue weighted by atomic mass is 16.5. The molecule has 140 valence electrons. The number of nitrogens with zero attached hydrogens (tertiary/aromatic N) is 4. The topological polar surface area (TPSA) is 76.0 Å². The minimum absolute atomic E-state index is 0.0432. The molecule has 2 aliphatic heterocycles. The maximum absolute atomic E-state index is 12.9. The van der Waals surface area contributed by atoms with Gasteiger partial charge in [0, 0.05) is 49.5 Å². The maximum Gasteiger partial charge on any atom is 0.270 e. The van der Waals surface area contributed by atoms with Gasteiger partial charge in [-0.2, -0.15) is 5.10 Å². The van der Waals surface area contributed by atoms with Crippen molar-refractivity contribution in [2.75, 3.05) is 26.3 Å². The van der Waals surface area contributed by atoms with E-state index in [1.165, 1.54) is 0 Å². The van der Waals surface area contributed by atoms with Crippen LogP contribution in [0.2, 0.25) is 0 Å². The van der Waals surface area contributed by atoms with Crippen LogP contribution >= 0.6 is 0 Å². The first kappa shape index (κ1) is 16.5. The van der Waals surface area contributed by atoms with Gasteiger partial charge in [-0.15, -0.1) is 0 Å². The number of para-hydroxylation sites is 1. The summed E-state index contributed by atoms with van der Waals surface area (Å²) in [6, 6.07) is 9.90. The predicted molar refractivity (Wildman–Crippen MR) is 101 cm³/mol. The first-order valence-corrected chi connectivity index (χ1v) is 9.66. The number of amides is 1. The Balaban J connectivity index is 1.30. The van der Waals surface area contributed by atoms with Gasteiger partial charge < -0.3 is 14.6 Å². The summed E-state index contributed by atoms with van der Waals surface area (Å²) >= 11 is 0. The van der Waals surface area contributed by atoms with Crippen LogP contribution in [-0.2, 0) is 17.7 Å². The second kappa shape index (κ2) is 6.81. The van der Waals surface area contributed by atoms with Gasteiger partial charge >= 0.3 is 0 Å². The van der Waals surface area contributed by atoms with Crippen LogP contribution in [0.1, 0.15) is 40.9 Å². The molecule has 0 aliphatic carbocycles. The molecular formula is C20H23N5O2. The van der Waals surface area contributed by atoms with E-state index in [9.17, 15) is 4.79 Å². The summed E-state index contributed by atoms with van der Waals surface area (Å²) in [5.41, 5.74) is 1.64. The number of benzene rings is 1. The second-order valence-corrected chi connectivity index (χ2v) is 7.31. The number of hydrogen-bond acceptors (Lipinski definition) is 4. The van der Waals surface area contributed by atoms with Crippen LogP contribution in [0.3, 0.4) is 0 Å². The minimum Gasteiger partial charge on any atom is -0.381 e. The van der Waals surface area contributed by atoms with Gasteiger partial charge in [-0.25, -0.2) is 9.67 Å². The van der Waals surface area contributed by atoms with Crippen LogP contribution in [0.4, 0.5) is 0 Å². The largest absolute Gasteiger partial charge is 0.381 e. The summed E-state index contributed by atoms with van der Waals surface area (Å²) in [5, 5.41) is 5.80. The Morgan fingerprint density at radius 1 is 1.15 bits per heavy atom. The number of carbonyl (C=O) groups is 1. The predicted octanol–water partition coefficient (Wildman–Crippen LogP) is 2.35. The summed E-state index contributed by atoms with van der Waals surface area (Å²) in [4.78, 5) is 22.9. The van der Waals surface area contributed by atoms with Crippen LogP contribution < -0.4 is 0 Å². The monoisotopic (exact) mass is 365 g/mol. The van der Waals surface area contributed by atoms with E-state index in [1.807, 2.05) is 39.9 Å². The molecule has 27 heavy (non-hydrogen) atoms. The third kappa shape index (κ3) is 3.12. The van der Waals surface area contributed by atoms with Crippen molar-refractivity contribution < 1.29 is 9.53 Å². The van der Waals surface area contributed by atoms with Crippen LogP contribution in [0.25, 0.3) is 10.9 Å². The molecule has 2 aromatic heterocycles. The lowest BCUT2D eigenvalue weighted by molar-refractivity contribution is 0.0751. The van der Waals surface area contributed by atoms with Crippen molar-refractivity contribution >= 4 is 16.8 Å². The lowest BCUT2D eigenvalue weighted by Gasteiger charge is -2.20. The normalized spacial score (nSPS) is 18.4. The molecule has 1 saturated heterocycles. The van der Waals surface area contributed by atoms with Gasteiger partial charge in [0.05, 0.1) is 6.54 Å². The van der Waals surface area contributed by atoms with E-state index in [0.29, 0.717) is 31.2 Å². The molecule has 7 heteroatoms. The molecule has 0 radical (unpaired) electrons. The van der Waals surface area contributed by atoms with Gasteiger partial charge in [0.15, 0.2) is 5.82 Å². The zero-order valence-electron chi connectivity index (χ0n) is 15.2. The summed E-state index contributed by atoms with van der Waals surface area (Å²) < 4.78 is 7.43. The van der Waals surface area contributed by atoms with Crippen molar-refractivity contribution in [3.63, 3.8) is 0 Å². The quantitative estimate of drug-likeness (QED) is 0.756. The Kier molecular flexibility index (Phi) is 4.16. The fourth-order valence-electron chi connectivity index (χ4n) is 4.01. The van der Waals surface area contributed by atoms with E-state index < -0.39 is 0 Å². The molecule has 0 atom stereocenters. The van der Waals surface area contributed by atoms with Crippen molar-refractivity contribution in [3.05, 3.63) is 47.7 Å². The van der Waals surface area contributed by atoms with Crippen LogP contribution in [0.15, 0.2) is 30.3 Å². The average molecular weight is 365 g/mol. The van der Waals surface area contributed by atoms with Crippen molar-refractivity contribution in [3.8, 4) is 0 Å². The molecule has 0 spiro atoms. The first-order valence-electron chi connectivity index (χ1n) is 9.66. The number of aromatic amines is 1. The third-order valence-corrected chi connectivity index (χ3v) is 5.59. The van der Waals surface area contributed by atoms with Gasteiger partial charge in [-0.1, -0.05) is 18.2 Å². The summed E-state index contributed by atoms with van der Waals surface area (Å²) in [6.07, 6.45) is 2.73. The van der Waals surface area contributed by atoms with E-state index in [4.69, 9.17) is 14.8 Å². The van der Waals surface area contributed by atoms with E-state index in [-0.39, 0.29) is 5.91 Å². The molecule has 4 heterocycles. The number of ether oxygens (including phenoxy) is 1. The molecule has 1 amide bonds. The van der Waals surface area contributed by atoms with Gasteiger partial charge in [-0.05, 0) is 25.0 Å². The summed E-state index contributed by atoms with van der Waals surface area (Å²) in [7, 11) is 0. The standard InChI is InChI=1S/C20H23N5O2/c26-20(17-13-15-3-1-2-4-16(15)21-17)24-8-5-18-22-19(23-25(18)10-9-24)14-6-11-27-12-7-14/h1-4,13-14,21H,5-12H2. The fraction of sp³-hybridized carbons (Fsp3) is 0.450. The number of hydrogen-bond donors (Lipinski definition) is 1.